The summed E-state index contributed by atoms with van der Waals surface area (Å²) in [5.74, 6) is 0. The molecule has 2 nitrogen and oxygen atoms in total. The van der Waals surface area contributed by atoms with E-state index in [0.29, 0.717) is 6.04 Å². The van der Waals surface area contributed by atoms with Crippen LogP contribution in [0.3, 0.4) is 0 Å². The highest BCUT2D eigenvalue weighted by Crippen LogP contribution is 2.40. The van der Waals surface area contributed by atoms with E-state index < -0.39 is 0 Å². The number of aromatic nitrogens is 2. The lowest BCUT2D eigenvalue weighted by atomic mass is 10.0. The van der Waals surface area contributed by atoms with E-state index in [2.05, 4.69) is 124 Å². The van der Waals surface area contributed by atoms with Gasteiger partial charge in [-0.2, -0.15) is 0 Å². The summed E-state index contributed by atoms with van der Waals surface area (Å²) in [4.78, 5) is 0. The van der Waals surface area contributed by atoms with E-state index in [9.17, 15) is 0 Å². The molecule has 1 aliphatic rings. The Balaban J connectivity index is 1.38. The molecule has 2 aromatic heterocycles. The van der Waals surface area contributed by atoms with E-state index in [1.165, 1.54) is 86.1 Å². The molecule has 1 saturated carbocycles. The van der Waals surface area contributed by atoms with E-state index in [1.807, 2.05) is 0 Å². The van der Waals surface area contributed by atoms with Crippen LogP contribution in [0.2, 0.25) is 0 Å². The van der Waals surface area contributed by atoms with E-state index in [0.717, 1.165) is 0 Å². The third-order valence-corrected chi connectivity index (χ3v) is 8.42. The van der Waals surface area contributed by atoms with Crippen molar-refractivity contribution in [1.82, 2.24) is 9.13 Å². The van der Waals surface area contributed by atoms with Crippen molar-refractivity contribution < 1.29 is 0 Å². The fourth-order valence-electron chi connectivity index (χ4n) is 6.74. The molecule has 0 bridgehead atoms. The number of fused-ring (bicyclic) bond motifs is 6. The van der Waals surface area contributed by atoms with Crippen LogP contribution in [0.5, 0.6) is 0 Å². The largest absolute Gasteiger partial charge is 0.337 e. The lowest BCUT2D eigenvalue weighted by molar-refractivity contribution is 0.550. The van der Waals surface area contributed by atoms with Gasteiger partial charge in [-0.25, -0.2) is 0 Å². The van der Waals surface area contributed by atoms with Gasteiger partial charge in [-0.3, -0.25) is 0 Å². The summed E-state index contributed by atoms with van der Waals surface area (Å²) < 4.78 is 5.04. The lowest BCUT2D eigenvalue weighted by Crippen LogP contribution is -2.03. The van der Waals surface area contributed by atoms with Gasteiger partial charge in [0.05, 0.1) is 11.0 Å². The minimum absolute atomic E-state index is 0.598. The molecule has 8 rings (SSSR count). The summed E-state index contributed by atoms with van der Waals surface area (Å²) in [6.45, 7) is 0. The van der Waals surface area contributed by atoms with Gasteiger partial charge in [0, 0.05) is 44.3 Å². The van der Waals surface area contributed by atoms with E-state index >= 15 is 0 Å². The second-order valence-corrected chi connectivity index (χ2v) is 10.5. The maximum absolute atomic E-state index is 2.64. The Morgan fingerprint density at radius 2 is 1.00 bits per heavy atom. The highest BCUT2D eigenvalue weighted by atomic mass is 15.0. The molecule has 2 heteroatoms. The van der Waals surface area contributed by atoms with E-state index in [1.54, 1.807) is 0 Å². The van der Waals surface area contributed by atoms with Crippen LogP contribution in [0, 0.1) is 0 Å². The van der Waals surface area contributed by atoms with Gasteiger partial charge in [0.25, 0.3) is 0 Å². The van der Waals surface area contributed by atoms with Crippen molar-refractivity contribution in [3.63, 3.8) is 0 Å². The van der Waals surface area contributed by atoms with Crippen LogP contribution >= 0.6 is 0 Å². The Morgan fingerprint density at radius 3 is 1.73 bits per heavy atom. The number of rotatable bonds is 3. The topological polar surface area (TPSA) is 9.86 Å². The van der Waals surface area contributed by atoms with Gasteiger partial charge >= 0.3 is 0 Å². The zero-order valence-corrected chi connectivity index (χ0v) is 20.8. The third kappa shape index (κ3) is 3.12. The molecule has 0 amide bonds. The van der Waals surface area contributed by atoms with Gasteiger partial charge in [-0.15, -0.1) is 0 Å². The van der Waals surface area contributed by atoms with Crippen molar-refractivity contribution in [3.05, 3.63) is 115 Å². The molecule has 0 atom stereocenters. The Hall–Kier alpha value is -4.30. The molecular weight excluding hydrogens is 448 g/mol. The summed E-state index contributed by atoms with van der Waals surface area (Å²) in [7, 11) is 0. The lowest BCUT2D eigenvalue weighted by Gasteiger charge is -2.16. The van der Waals surface area contributed by atoms with Crippen LogP contribution < -0.4 is 0 Å². The Kier molecular flexibility index (Phi) is 4.57. The predicted octanol–water partition coefficient (Wildman–Crippen LogP) is 9.67. The molecule has 0 spiro atoms. The van der Waals surface area contributed by atoms with Crippen LogP contribution in [-0.4, -0.2) is 9.13 Å². The molecule has 37 heavy (non-hydrogen) atoms. The number of para-hydroxylation sites is 3. The summed E-state index contributed by atoms with van der Waals surface area (Å²) in [5.41, 5.74) is 8.98. The van der Waals surface area contributed by atoms with Gasteiger partial charge < -0.3 is 9.13 Å². The highest BCUT2D eigenvalue weighted by Gasteiger charge is 2.22. The molecule has 1 fully saturated rings. The number of hydrogen-bond acceptors (Lipinski definition) is 0. The number of hydrogen-bond donors (Lipinski definition) is 0. The molecule has 0 N–H and O–H groups in total. The van der Waals surface area contributed by atoms with Gasteiger partial charge in [-0.1, -0.05) is 91.7 Å². The first-order chi connectivity index (χ1) is 18.4. The molecule has 0 radical (unpaired) electrons. The SMILES string of the molecule is c1ccc(-n2c3ccccc3c3ccc(-c4ccc5c6ccccc6n(C6CCCC6)c5c4)cc32)cc1. The second-order valence-electron chi connectivity index (χ2n) is 10.5. The minimum Gasteiger partial charge on any atom is -0.337 e. The van der Waals surface area contributed by atoms with Gasteiger partial charge in [0.15, 0.2) is 0 Å². The van der Waals surface area contributed by atoms with Crippen molar-refractivity contribution in [3.8, 4) is 16.8 Å². The zero-order valence-electron chi connectivity index (χ0n) is 20.8. The average Bonchev–Trinajstić information content (AvgIpc) is 3.67. The van der Waals surface area contributed by atoms with Crippen LogP contribution in [-0.2, 0) is 0 Å². The monoisotopic (exact) mass is 476 g/mol. The highest BCUT2D eigenvalue weighted by molar-refractivity contribution is 6.11. The Bertz CT molecular complexity index is 1930. The van der Waals surface area contributed by atoms with Crippen LogP contribution in [0.4, 0.5) is 0 Å². The molecule has 2 heterocycles. The molecule has 1 aliphatic carbocycles. The van der Waals surface area contributed by atoms with E-state index in [-0.39, 0.29) is 0 Å². The Morgan fingerprint density at radius 1 is 0.459 bits per heavy atom. The summed E-state index contributed by atoms with van der Waals surface area (Å²) >= 11 is 0. The summed E-state index contributed by atoms with van der Waals surface area (Å²) in [5, 5.41) is 5.33. The third-order valence-electron chi connectivity index (χ3n) is 8.42. The molecule has 178 valence electrons. The number of nitrogens with zero attached hydrogens (tertiary/aromatic N) is 2. The van der Waals surface area contributed by atoms with Crippen molar-refractivity contribution in [1.29, 1.82) is 0 Å². The van der Waals surface area contributed by atoms with Crippen LogP contribution in [0.15, 0.2) is 115 Å². The summed E-state index contributed by atoms with van der Waals surface area (Å²) in [6.07, 6.45) is 5.22. The van der Waals surface area contributed by atoms with Crippen molar-refractivity contribution >= 4 is 43.6 Å². The van der Waals surface area contributed by atoms with Crippen molar-refractivity contribution in [2.75, 3.05) is 0 Å². The molecular formula is C35H28N2. The first-order valence-electron chi connectivity index (χ1n) is 13.5. The van der Waals surface area contributed by atoms with Crippen molar-refractivity contribution in [2.24, 2.45) is 0 Å². The normalized spacial score (nSPS) is 14.5. The Labute approximate surface area is 216 Å². The van der Waals surface area contributed by atoms with Crippen LogP contribution in [0.25, 0.3) is 60.4 Å². The zero-order chi connectivity index (χ0) is 24.3. The fourth-order valence-corrected chi connectivity index (χ4v) is 6.74. The molecule has 7 aromatic rings. The maximum Gasteiger partial charge on any atom is 0.0547 e. The maximum atomic E-state index is 2.64. The molecule has 5 aromatic carbocycles. The second kappa shape index (κ2) is 8.11. The number of benzene rings is 5. The average molecular weight is 477 g/mol. The minimum atomic E-state index is 0.598. The van der Waals surface area contributed by atoms with Crippen LogP contribution in [0.1, 0.15) is 31.7 Å². The molecule has 0 aliphatic heterocycles. The van der Waals surface area contributed by atoms with Gasteiger partial charge in [0.1, 0.15) is 0 Å². The van der Waals surface area contributed by atoms with E-state index in [4.69, 9.17) is 0 Å². The fraction of sp³-hybridized carbons (Fsp3) is 0.143. The van der Waals surface area contributed by atoms with Gasteiger partial charge in [0.2, 0.25) is 0 Å². The molecule has 0 unspecified atom stereocenters. The van der Waals surface area contributed by atoms with Crippen molar-refractivity contribution in [2.45, 2.75) is 31.7 Å². The van der Waals surface area contributed by atoms with Gasteiger partial charge in [-0.05, 0) is 60.4 Å². The first kappa shape index (κ1) is 20.8. The smallest absolute Gasteiger partial charge is 0.0547 e. The summed E-state index contributed by atoms with van der Waals surface area (Å²) in [6, 6.07) is 43.1. The quantitative estimate of drug-likeness (QED) is 0.240. The first-order valence-corrected chi connectivity index (χ1v) is 13.5. The predicted molar refractivity (Wildman–Crippen MR) is 157 cm³/mol. The molecule has 0 saturated heterocycles. The standard InChI is InChI=1S/C35H28N2/c1-2-10-26(11-3-1)36-32-16-8-6-14-28(32)30-20-18-24(22-34(30)36)25-19-21-31-29-15-7-9-17-33(29)37(35(31)23-25)27-12-4-5-13-27/h1-3,6-11,14-23,27H,4-5,12-13H2.